The first kappa shape index (κ1) is 18.2. The molecule has 1 saturated heterocycles. The van der Waals surface area contributed by atoms with Gasteiger partial charge < -0.3 is 5.32 Å². The van der Waals surface area contributed by atoms with Crippen molar-refractivity contribution < 1.29 is 9.59 Å². The van der Waals surface area contributed by atoms with E-state index in [0.29, 0.717) is 18.7 Å². The maximum absolute atomic E-state index is 11.7. The van der Waals surface area contributed by atoms with Gasteiger partial charge in [0.15, 0.2) is 5.16 Å². The quantitative estimate of drug-likeness (QED) is 0.493. The zero-order valence-electron chi connectivity index (χ0n) is 15.1. The van der Waals surface area contributed by atoms with Crippen LogP contribution in [0.3, 0.4) is 0 Å². The van der Waals surface area contributed by atoms with Crippen molar-refractivity contribution in [1.29, 1.82) is 0 Å². The second-order valence-electron chi connectivity index (χ2n) is 6.28. The Morgan fingerprint density at radius 1 is 0.964 bits per heavy atom. The number of carbonyl (C=O) groups excluding carboxylic acids is 2. The number of carbonyl (C=O) groups is 2. The van der Waals surface area contributed by atoms with Gasteiger partial charge in [-0.05, 0) is 17.7 Å². The van der Waals surface area contributed by atoms with Gasteiger partial charge in [0, 0.05) is 24.4 Å². The topological polar surface area (TPSA) is 80.1 Å². The van der Waals surface area contributed by atoms with Crippen LogP contribution in [0.5, 0.6) is 0 Å². The van der Waals surface area contributed by atoms with Crippen LogP contribution in [-0.4, -0.2) is 50.4 Å². The van der Waals surface area contributed by atoms with E-state index < -0.39 is 0 Å². The first-order chi connectivity index (χ1) is 13.7. The summed E-state index contributed by atoms with van der Waals surface area (Å²) < 4.78 is 2.03. The maximum atomic E-state index is 11.7. The SMILES string of the molecule is O=C1CNC(=O)N1CCSc1nnc(Cc2ccccc2)n1-c1ccccc1. The largest absolute Gasteiger partial charge is 0.329 e. The van der Waals surface area contributed by atoms with Gasteiger partial charge in [-0.15, -0.1) is 10.2 Å². The molecule has 1 aliphatic rings. The molecule has 28 heavy (non-hydrogen) atoms. The molecule has 1 fully saturated rings. The Hall–Kier alpha value is -3.13. The van der Waals surface area contributed by atoms with E-state index in [1.54, 1.807) is 0 Å². The van der Waals surface area contributed by atoms with E-state index in [4.69, 9.17) is 0 Å². The minimum atomic E-state index is -0.333. The highest BCUT2D eigenvalue weighted by Gasteiger charge is 2.28. The third-order valence-corrected chi connectivity index (χ3v) is 5.31. The van der Waals surface area contributed by atoms with Crippen molar-refractivity contribution >= 4 is 23.7 Å². The Morgan fingerprint density at radius 3 is 2.36 bits per heavy atom. The van der Waals surface area contributed by atoms with Crippen LogP contribution >= 0.6 is 11.8 Å². The molecule has 2 heterocycles. The Balaban J connectivity index is 1.55. The first-order valence-corrected chi connectivity index (χ1v) is 9.95. The fraction of sp³-hybridized carbons (Fsp3) is 0.200. The van der Waals surface area contributed by atoms with Crippen molar-refractivity contribution in [2.45, 2.75) is 11.6 Å². The zero-order valence-corrected chi connectivity index (χ0v) is 15.9. The van der Waals surface area contributed by atoms with Gasteiger partial charge in [-0.2, -0.15) is 0 Å². The molecule has 8 heteroatoms. The number of urea groups is 1. The number of benzene rings is 2. The Kier molecular flexibility index (Phi) is 5.38. The highest BCUT2D eigenvalue weighted by atomic mass is 32.2. The maximum Gasteiger partial charge on any atom is 0.324 e. The van der Waals surface area contributed by atoms with E-state index in [0.717, 1.165) is 22.2 Å². The smallest absolute Gasteiger partial charge is 0.324 e. The summed E-state index contributed by atoms with van der Waals surface area (Å²) in [7, 11) is 0. The highest BCUT2D eigenvalue weighted by Crippen LogP contribution is 2.23. The molecule has 0 aliphatic carbocycles. The number of nitrogens with one attached hydrogen (secondary N) is 1. The summed E-state index contributed by atoms with van der Waals surface area (Å²) >= 11 is 1.48. The van der Waals surface area contributed by atoms with Gasteiger partial charge in [-0.25, -0.2) is 4.79 Å². The zero-order chi connectivity index (χ0) is 19.3. The molecule has 7 nitrogen and oxygen atoms in total. The molecule has 2 aromatic carbocycles. The normalized spacial score (nSPS) is 13.8. The molecule has 4 rings (SSSR count). The van der Waals surface area contributed by atoms with Crippen LogP contribution in [0.2, 0.25) is 0 Å². The minimum absolute atomic E-state index is 0.0743. The Labute approximate surface area is 166 Å². The van der Waals surface area contributed by atoms with E-state index >= 15 is 0 Å². The van der Waals surface area contributed by atoms with Crippen LogP contribution in [0.4, 0.5) is 4.79 Å². The fourth-order valence-corrected chi connectivity index (χ4v) is 3.93. The van der Waals surface area contributed by atoms with E-state index in [1.165, 1.54) is 16.7 Å². The lowest BCUT2D eigenvalue weighted by Gasteiger charge is -2.13. The Morgan fingerprint density at radius 2 is 1.68 bits per heavy atom. The van der Waals surface area contributed by atoms with Gasteiger partial charge in [-0.3, -0.25) is 14.3 Å². The lowest BCUT2D eigenvalue weighted by Crippen LogP contribution is -2.32. The number of para-hydroxylation sites is 1. The third-order valence-electron chi connectivity index (χ3n) is 4.40. The summed E-state index contributed by atoms with van der Waals surface area (Å²) in [6.45, 7) is 0.413. The van der Waals surface area contributed by atoms with Crippen LogP contribution in [0.15, 0.2) is 65.8 Å². The summed E-state index contributed by atoms with van der Waals surface area (Å²) in [6, 6.07) is 19.7. The highest BCUT2D eigenvalue weighted by molar-refractivity contribution is 7.99. The first-order valence-electron chi connectivity index (χ1n) is 8.97. The van der Waals surface area contributed by atoms with Crippen molar-refractivity contribution in [3.63, 3.8) is 0 Å². The second-order valence-corrected chi connectivity index (χ2v) is 7.35. The van der Waals surface area contributed by atoms with E-state index in [1.807, 2.05) is 53.1 Å². The standard InChI is InChI=1S/C20H19N5O2S/c26-18-14-21-19(27)24(18)11-12-28-20-23-22-17(13-15-7-3-1-4-8-15)25(20)16-9-5-2-6-10-16/h1-10H,11-14H2,(H,21,27). The molecule has 1 aromatic heterocycles. The number of thioether (sulfide) groups is 1. The summed E-state index contributed by atoms with van der Waals surface area (Å²) in [4.78, 5) is 24.6. The van der Waals surface area contributed by atoms with Crippen LogP contribution in [0.1, 0.15) is 11.4 Å². The van der Waals surface area contributed by atoms with Crippen LogP contribution < -0.4 is 5.32 Å². The van der Waals surface area contributed by atoms with Gasteiger partial charge in [0.1, 0.15) is 5.82 Å². The number of hydrogen-bond acceptors (Lipinski definition) is 5. The van der Waals surface area contributed by atoms with Gasteiger partial charge in [0.25, 0.3) is 0 Å². The number of rotatable bonds is 7. The molecule has 3 aromatic rings. The molecule has 1 aliphatic heterocycles. The average Bonchev–Trinajstić information content (AvgIpc) is 3.27. The fourth-order valence-electron chi connectivity index (χ4n) is 3.03. The van der Waals surface area contributed by atoms with Crippen LogP contribution in [0.25, 0.3) is 5.69 Å². The molecule has 0 radical (unpaired) electrons. The lowest BCUT2D eigenvalue weighted by molar-refractivity contribution is -0.124. The van der Waals surface area contributed by atoms with Crippen molar-refractivity contribution in [1.82, 2.24) is 25.0 Å². The number of aromatic nitrogens is 3. The summed E-state index contributed by atoms with van der Waals surface area (Å²) in [6.07, 6.45) is 0.663. The number of amides is 3. The average molecular weight is 393 g/mol. The van der Waals surface area contributed by atoms with Crippen molar-refractivity contribution in [2.75, 3.05) is 18.8 Å². The van der Waals surface area contributed by atoms with Crippen molar-refractivity contribution in [3.8, 4) is 5.69 Å². The van der Waals surface area contributed by atoms with E-state index in [-0.39, 0.29) is 18.5 Å². The number of nitrogens with zero attached hydrogens (tertiary/aromatic N) is 4. The van der Waals surface area contributed by atoms with Crippen LogP contribution in [0, 0.1) is 0 Å². The predicted molar refractivity (Wildman–Crippen MR) is 106 cm³/mol. The van der Waals surface area contributed by atoms with E-state index in [2.05, 4.69) is 27.6 Å². The molecule has 0 saturated carbocycles. The van der Waals surface area contributed by atoms with Crippen molar-refractivity contribution in [3.05, 3.63) is 72.1 Å². The molecule has 1 N–H and O–H groups in total. The van der Waals surface area contributed by atoms with E-state index in [9.17, 15) is 9.59 Å². The van der Waals surface area contributed by atoms with Gasteiger partial charge in [0.2, 0.25) is 5.91 Å². The molecule has 3 amide bonds. The van der Waals surface area contributed by atoms with Crippen molar-refractivity contribution in [2.24, 2.45) is 0 Å². The molecule has 142 valence electrons. The minimum Gasteiger partial charge on any atom is -0.329 e. The summed E-state index contributed by atoms with van der Waals surface area (Å²) in [5, 5.41) is 12.0. The molecule has 0 unspecified atom stereocenters. The number of hydrogen-bond donors (Lipinski definition) is 1. The molecule has 0 bridgehead atoms. The second kappa shape index (κ2) is 8.26. The monoisotopic (exact) mass is 393 g/mol. The molecule has 0 atom stereocenters. The summed E-state index contributed by atoms with van der Waals surface area (Å²) in [5.74, 6) is 1.20. The van der Waals surface area contributed by atoms with Gasteiger partial charge in [0.05, 0.1) is 6.54 Å². The van der Waals surface area contributed by atoms with Gasteiger partial charge >= 0.3 is 6.03 Å². The molecular weight excluding hydrogens is 374 g/mol. The number of imide groups is 1. The molecular formula is C20H19N5O2S. The Bertz CT molecular complexity index is 959. The summed E-state index contributed by atoms with van der Waals surface area (Å²) in [5.41, 5.74) is 2.14. The third kappa shape index (κ3) is 3.91. The predicted octanol–water partition coefficient (Wildman–Crippen LogP) is 2.50. The van der Waals surface area contributed by atoms with Gasteiger partial charge in [-0.1, -0.05) is 60.3 Å². The lowest BCUT2D eigenvalue weighted by atomic mass is 10.1. The molecule has 0 spiro atoms. The van der Waals surface area contributed by atoms with Crippen LogP contribution in [-0.2, 0) is 11.2 Å².